The number of nitrogens with one attached hydrogen (secondary N) is 1. The molecule has 0 spiro atoms. The largest absolute Gasteiger partial charge is 0.347 e. The molecule has 3 rings (SSSR count). The molecule has 3 N–H and O–H groups in total. The molecule has 0 aromatic heterocycles. The van der Waals surface area contributed by atoms with E-state index in [0.717, 1.165) is 36.8 Å². The Bertz CT molecular complexity index is 685. The van der Waals surface area contributed by atoms with Crippen molar-refractivity contribution in [3.05, 3.63) is 71.5 Å². The molecule has 1 unspecified atom stereocenters. The first-order valence-corrected chi connectivity index (χ1v) is 8.47. The van der Waals surface area contributed by atoms with E-state index >= 15 is 0 Å². The minimum atomic E-state index is -0.388. The molecular formula is C20H24ClFN2O. The summed E-state index contributed by atoms with van der Waals surface area (Å²) in [6.45, 7) is 0. The molecule has 1 saturated carbocycles. The summed E-state index contributed by atoms with van der Waals surface area (Å²) in [6.07, 6.45) is 4.12. The van der Waals surface area contributed by atoms with Crippen molar-refractivity contribution in [2.24, 2.45) is 5.73 Å². The van der Waals surface area contributed by atoms with Crippen LogP contribution in [0.1, 0.15) is 49.3 Å². The van der Waals surface area contributed by atoms with Crippen LogP contribution < -0.4 is 11.1 Å². The van der Waals surface area contributed by atoms with Gasteiger partial charge in [0.05, 0.1) is 5.54 Å². The van der Waals surface area contributed by atoms with Crippen LogP contribution >= 0.6 is 12.4 Å². The molecule has 0 saturated heterocycles. The Morgan fingerprint density at radius 1 is 1.08 bits per heavy atom. The predicted molar refractivity (Wildman–Crippen MR) is 99.9 cm³/mol. The Balaban J connectivity index is 0.00000225. The fourth-order valence-corrected chi connectivity index (χ4v) is 3.57. The van der Waals surface area contributed by atoms with Crippen molar-refractivity contribution in [2.45, 2.75) is 43.7 Å². The van der Waals surface area contributed by atoms with Crippen molar-refractivity contribution in [1.29, 1.82) is 0 Å². The van der Waals surface area contributed by atoms with Crippen LogP contribution in [0.25, 0.3) is 0 Å². The molecule has 1 amide bonds. The number of halogens is 2. The summed E-state index contributed by atoms with van der Waals surface area (Å²) in [5.74, 6) is -0.318. The molecule has 0 aliphatic heterocycles. The fourth-order valence-electron chi connectivity index (χ4n) is 3.57. The van der Waals surface area contributed by atoms with Crippen LogP contribution in [0.4, 0.5) is 4.39 Å². The maximum Gasteiger partial charge on any atom is 0.222 e. The van der Waals surface area contributed by atoms with Crippen molar-refractivity contribution < 1.29 is 9.18 Å². The van der Waals surface area contributed by atoms with Gasteiger partial charge in [0.15, 0.2) is 0 Å². The van der Waals surface area contributed by atoms with Gasteiger partial charge in [-0.3, -0.25) is 4.79 Å². The van der Waals surface area contributed by atoms with Gasteiger partial charge in [0.2, 0.25) is 5.91 Å². The van der Waals surface area contributed by atoms with E-state index in [0.29, 0.717) is 0 Å². The van der Waals surface area contributed by atoms with E-state index in [9.17, 15) is 9.18 Å². The third kappa shape index (κ3) is 4.59. The summed E-state index contributed by atoms with van der Waals surface area (Å²) in [6, 6.07) is 15.8. The highest BCUT2D eigenvalue weighted by molar-refractivity contribution is 5.85. The van der Waals surface area contributed by atoms with Crippen molar-refractivity contribution in [3.8, 4) is 0 Å². The van der Waals surface area contributed by atoms with Gasteiger partial charge in [0.1, 0.15) is 5.82 Å². The van der Waals surface area contributed by atoms with Crippen LogP contribution in [0, 0.1) is 5.82 Å². The highest BCUT2D eigenvalue weighted by atomic mass is 35.5. The van der Waals surface area contributed by atoms with Gasteiger partial charge in [0.25, 0.3) is 0 Å². The van der Waals surface area contributed by atoms with E-state index in [4.69, 9.17) is 5.73 Å². The first-order chi connectivity index (χ1) is 11.6. The maximum absolute atomic E-state index is 13.2. The molecule has 1 aliphatic rings. The molecule has 134 valence electrons. The first-order valence-electron chi connectivity index (χ1n) is 8.47. The van der Waals surface area contributed by atoms with Gasteiger partial charge in [-0.2, -0.15) is 0 Å². The smallest absolute Gasteiger partial charge is 0.222 e. The summed E-state index contributed by atoms with van der Waals surface area (Å²) in [7, 11) is 0. The van der Waals surface area contributed by atoms with E-state index in [2.05, 4.69) is 5.32 Å². The molecule has 0 radical (unpaired) electrons. The average molecular weight is 363 g/mol. The van der Waals surface area contributed by atoms with E-state index in [1.54, 1.807) is 12.1 Å². The number of carbonyl (C=O) groups is 1. The van der Waals surface area contributed by atoms with Crippen LogP contribution in [0.15, 0.2) is 54.6 Å². The van der Waals surface area contributed by atoms with Gasteiger partial charge in [-0.1, -0.05) is 55.3 Å². The van der Waals surface area contributed by atoms with Crippen LogP contribution in [0.2, 0.25) is 0 Å². The van der Waals surface area contributed by atoms with Crippen molar-refractivity contribution >= 4 is 18.3 Å². The van der Waals surface area contributed by atoms with Gasteiger partial charge < -0.3 is 11.1 Å². The normalized spacial score (nSPS) is 16.7. The van der Waals surface area contributed by atoms with Crippen molar-refractivity contribution in [2.75, 3.05) is 0 Å². The van der Waals surface area contributed by atoms with E-state index in [1.165, 1.54) is 12.1 Å². The first kappa shape index (κ1) is 19.4. The number of nitrogens with two attached hydrogens (primary N) is 1. The lowest BCUT2D eigenvalue weighted by molar-refractivity contribution is -0.123. The summed E-state index contributed by atoms with van der Waals surface area (Å²) < 4.78 is 13.2. The number of hydrogen-bond acceptors (Lipinski definition) is 2. The zero-order valence-corrected chi connectivity index (χ0v) is 14.9. The molecule has 1 aliphatic carbocycles. The van der Waals surface area contributed by atoms with Crippen LogP contribution in [-0.2, 0) is 10.3 Å². The number of rotatable bonds is 5. The molecule has 5 heteroatoms. The van der Waals surface area contributed by atoms with Crippen LogP contribution in [0.5, 0.6) is 0 Å². The Morgan fingerprint density at radius 3 is 2.28 bits per heavy atom. The standard InChI is InChI=1S/C20H23FN2O.ClH/c21-17-10-8-16(9-11-17)20(12-4-5-13-20)23-19(24)14-18(22)15-6-2-1-3-7-15;/h1-3,6-11,18H,4-5,12-14,22H2,(H,23,24);1H. The molecular weight excluding hydrogens is 339 g/mol. The molecule has 25 heavy (non-hydrogen) atoms. The minimum Gasteiger partial charge on any atom is -0.347 e. The summed E-state index contributed by atoms with van der Waals surface area (Å²) >= 11 is 0. The topological polar surface area (TPSA) is 55.1 Å². The van der Waals surface area contributed by atoms with Crippen molar-refractivity contribution in [1.82, 2.24) is 5.32 Å². The third-order valence-electron chi connectivity index (χ3n) is 4.87. The maximum atomic E-state index is 13.2. The lowest BCUT2D eigenvalue weighted by atomic mass is 9.87. The van der Waals surface area contributed by atoms with Gasteiger partial charge >= 0.3 is 0 Å². The molecule has 3 nitrogen and oxygen atoms in total. The Labute approximate surface area is 154 Å². The zero-order chi connectivity index (χ0) is 17.0. The third-order valence-corrected chi connectivity index (χ3v) is 4.87. The van der Waals surface area contributed by atoms with Crippen LogP contribution in [0.3, 0.4) is 0 Å². The fraction of sp³-hybridized carbons (Fsp3) is 0.350. The zero-order valence-electron chi connectivity index (χ0n) is 14.1. The van der Waals surface area contributed by atoms with E-state index in [1.807, 2.05) is 30.3 Å². The summed E-state index contributed by atoms with van der Waals surface area (Å²) in [5.41, 5.74) is 7.70. The number of benzene rings is 2. The van der Waals surface area contributed by atoms with E-state index in [-0.39, 0.29) is 42.1 Å². The predicted octanol–water partition coefficient (Wildman–Crippen LogP) is 4.22. The molecule has 1 atom stereocenters. The second kappa shape index (κ2) is 8.45. The Hall–Kier alpha value is -1.91. The summed E-state index contributed by atoms with van der Waals surface area (Å²) in [4.78, 5) is 12.6. The number of hydrogen-bond donors (Lipinski definition) is 2. The Morgan fingerprint density at radius 2 is 1.68 bits per heavy atom. The van der Waals surface area contributed by atoms with Gasteiger partial charge in [-0.05, 0) is 36.1 Å². The lowest BCUT2D eigenvalue weighted by Gasteiger charge is -2.31. The second-order valence-electron chi connectivity index (χ2n) is 6.57. The van der Waals surface area contributed by atoms with Crippen molar-refractivity contribution in [3.63, 3.8) is 0 Å². The number of amides is 1. The SMILES string of the molecule is Cl.NC(CC(=O)NC1(c2ccc(F)cc2)CCCC1)c1ccccc1. The molecule has 1 fully saturated rings. The Kier molecular flexibility index (Phi) is 6.57. The van der Waals surface area contributed by atoms with Gasteiger partial charge in [-0.15, -0.1) is 12.4 Å². The van der Waals surface area contributed by atoms with Crippen LogP contribution in [-0.4, -0.2) is 5.91 Å². The molecule has 2 aromatic rings. The quantitative estimate of drug-likeness (QED) is 0.836. The molecule has 0 bridgehead atoms. The number of carbonyl (C=O) groups excluding carboxylic acids is 1. The summed E-state index contributed by atoms with van der Waals surface area (Å²) in [5, 5.41) is 3.19. The molecule has 2 aromatic carbocycles. The highest BCUT2D eigenvalue weighted by Crippen LogP contribution is 2.39. The highest BCUT2D eigenvalue weighted by Gasteiger charge is 2.37. The average Bonchev–Trinajstić information content (AvgIpc) is 3.05. The van der Waals surface area contributed by atoms with Gasteiger partial charge in [0, 0.05) is 12.5 Å². The monoisotopic (exact) mass is 362 g/mol. The van der Waals surface area contributed by atoms with Gasteiger partial charge in [-0.25, -0.2) is 4.39 Å². The lowest BCUT2D eigenvalue weighted by Crippen LogP contribution is -2.44. The second-order valence-corrected chi connectivity index (χ2v) is 6.57. The van der Waals surface area contributed by atoms with E-state index < -0.39 is 0 Å². The minimum absolute atomic E-state index is 0. The molecule has 0 heterocycles.